The van der Waals surface area contributed by atoms with Crippen LogP contribution in [0, 0.1) is 16.7 Å². The number of nitrogens with one attached hydrogen (secondary N) is 1. The molecule has 2 nitrogen and oxygen atoms in total. The molecule has 1 aliphatic carbocycles. The highest BCUT2D eigenvalue weighted by Gasteiger charge is 2.26. The molecule has 1 aromatic carbocycles. The van der Waals surface area contributed by atoms with Gasteiger partial charge in [-0.1, -0.05) is 31.5 Å². The van der Waals surface area contributed by atoms with Crippen molar-refractivity contribution >= 4 is 11.6 Å². The highest BCUT2D eigenvalue weighted by Crippen LogP contribution is 2.35. The van der Waals surface area contributed by atoms with Crippen molar-refractivity contribution in [3.63, 3.8) is 0 Å². The molecule has 0 saturated heterocycles. The maximum Gasteiger partial charge on any atom is 0.0992 e. The van der Waals surface area contributed by atoms with Gasteiger partial charge in [0.25, 0.3) is 0 Å². The van der Waals surface area contributed by atoms with E-state index in [9.17, 15) is 0 Å². The number of nitrogens with zero attached hydrogens (tertiary/aromatic N) is 1. The van der Waals surface area contributed by atoms with E-state index in [-0.39, 0.29) is 0 Å². The van der Waals surface area contributed by atoms with Gasteiger partial charge in [0.05, 0.1) is 11.6 Å². The van der Waals surface area contributed by atoms with Crippen LogP contribution in [-0.2, 0) is 6.54 Å². The molecule has 1 aliphatic rings. The highest BCUT2D eigenvalue weighted by atomic mass is 35.5. The van der Waals surface area contributed by atoms with Crippen LogP contribution in [0.25, 0.3) is 0 Å². The molecule has 1 saturated carbocycles. The van der Waals surface area contributed by atoms with Crippen LogP contribution in [0.15, 0.2) is 18.2 Å². The molecule has 1 N–H and O–H groups in total. The summed E-state index contributed by atoms with van der Waals surface area (Å²) in [6, 6.07) is 8.21. The van der Waals surface area contributed by atoms with Crippen LogP contribution in [0.3, 0.4) is 0 Å². The van der Waals surface area contributed by atoms with Crippen LogP contribution < -0.4 is 5.32 Å². The Labute approximate surface area is 120 Å². The molecule has 102 valence electrons. The number of nitriles is 1. The lowest BCUT2D eigenvalue weighted by Crippen LogP contribution is -2.35. The lowest BCUT2D eigenvalue weighted by atomic mass is 9.75. The standard InChI is InChI=1S/C16H21ClN2/c1-16(2)7-5-14(6-8-16)19-11-13-4-3-12(10-18)9-15(13)17/h3-4,9,14,19H,5-8,11H2,1-2H3. The van der Waals surface area contributed by atoms with Gasteiger partial charge in [-0.2, -0.15) is 5.26 Å². The number of benzene rings is 1. The Morgan fingerprint density at radius 1 is 1.37 bits per heavy atom. The molecule has 0 heterocycles. The van der Waals surface area contributed by atoms with E-state index in [1.165, 1.54) is 25.7 Å². The van der Waals surface area contributed by atoms with Gasteiger partial charge in [0.15, 0.2) is 0 Å². The minimum absolute atomic E-state index is 0.504. The Morgan fingerprint density at radius 3 is 2.63 bits per heavy atom. The zero-order valence-electron chi connectivity index (χ0n) is 11.7. The Morgan fingerprint density at radius 2 is 2.05 bits per heavy atom. The molecule has 0 radical (unpaired) electrons. The average Bonchev–Trinajstić information content (AvgIpc) is 2.38. The number of hydrogen-bond donors (Lipinski definition) is 1. The average molecular weight is 277 g/mol. The molecule has 19 heavy (non-hydrogen) atoms. The summed E-state index contributed by atoms with van der Waals surface area (Å²) >= 11 is 6.18. The summed E-state index contributed by atoms with van der Waals surface area (Å²) in [4.78, 5) is 0. The van der Waals surface area contributed by atoms with Gasteiger partial charge in [-0.3, -0.25) is 0 Å². The van der Waals surface area contributed by atoms with Gasteiger partial charge in [0.1, 0.15) is 0 Å². The largest absolute Gasteiger partial charge is 0.310 e. The molecular weight excluding hydrogens is 256 g/mol. The van der Waals surface area contributed by atoms with Gasteiger partial charge in [0.2, 0.25) is 0 Å². The summed E-state index contributed by atoms with van der Waals surface area (Å²) in [5.41, 5.74) is 2.20. The molecule has 0 aromatic heterocycles. The quantitative estimate of drug-likeness (QED) is 0.895. The van der Waals surface area contributed by atoms with Crippen molar-refractivity contribution in [1.29, 1.82) is 5.26 Å². The first-order chi connectivity index (χ1) is 9.00. The van der Waals surface area contributed by atoms with Crippen molar-refractivity contribution < 1.29 is 0 Å². The maximum absolute atomic E-state index is 8.81. The zero-order chi connectivity index (χ0) is 13.9. The predicted molar refractivity (Wildman–Crippen MR) is 79.0 cm³/mol. The second-order valence-electron chi connectivity index (χ2n) is 6.24. The van der Waals surface area contributed by atoms with Crippen molar-refractivity contribution in [3.05, 3.63) is 34.3 Å². The van der Waals surface area contributed by atoms with Gasteiger partial charge in [0, 0.05) is 17.6 Å². The SMILES string of the molecule is CC1(C)CCC(NCc2ccc(C#N)cc2Cl)CC1. The smallest absolute Gasteiger partial charge is 0.0992 e. The van der Waals surface area contributed by atoms with Crippen LogP contribution in [0.4, 0.5) is 0 Å². The number of rotatable bonds is 3. The molecule has 3 heteroatoms. The summed E-state index contributed by atoms with van der Waals surface area (Å²) in [7, 11) is 0. The zero-order valence-corrected chi connectivity index (χ0v) is 12.4. The minimum atomic E-state index is 0.504. The van der Waals surface area contributed by atoms with Crippen LogP contribution in [-0.4, -0.2) is 6.04 Å². The van der Waals surface area contributed by atoms with Gasteiger partial charge in [-0.05, 0) is 48.8 Å². The molecule has 2 rings (SSSR count). The highest BCUT2D eigenvalue weighted by molar-refractivity contribution is 6.31. The molecule has 0 aliphatic heterocycles. The summed E-state index contributed by atoms with van der Waals surface area (Å²) < 4.78 is 0. The molecular formula is C16H21ClN2. The van der Waals surface area contributed by atoms with Gasteiger partial charge in [-0.25, -0.2) is 0 Å². The van der Waals surface area contributed by atoms with Crippen molar-refractivity contribution in [1.82, 2.24) is 5.32 Å². The van der Waals surface area contributed by atoms with E-state index in [0.717, 1.165) is 12.1 Å². The van der Waals surface area contributed by atoms with Crippen molar-refractivity contribution in [2.24, 2.45) is 5.41 Å². The van der Waals surface area contributed by atoms with Crippen molar-refractivity contribution in [3.8, 4) is 6.07 Å². The first-order valence-electron chi connectivity index (χ1n) is 6.92. The van der Waals surface area contributed by atoms with E-state index in [1.54, 1.807) is 6.07 Å². The van der Waals surface area contributed by atoms with E-state index < -0.39 is 0 Å². The lowest BCUT2D eigenvalue weighted by Gasteiger charge is -2.34. The summed E-state index contributed by atoms with van der Waals surface area (Å²) in [6.07, 6.45) is 5.04. The Hall–Kier alpha value is -1.04. The van der Waals surface area contributed by atoms with Crippen molar-refractivity contribution in [2.45, 2.75) is 52.1 Å². The molecule has 1 aromatic rings. The Bertz CT molecular complexity index is 478. The predicted octanol–water partition coefficient (Wildman–Crippen LogP) is 4.27. The van der Waals surface area contributed by atoms with Gasteiger partial charge in [-0.15, -0.1) is 0 Å². The van der Waals surface area contributed by atoms with Gasteiger partial charge >= 0.3 is 0 Å². The summed E-state index contributed by atoms with van der Waals surface area (Å²) in [5, 5.41) is 13.1. The molecule has 0 bridgehead atoms. The molecule has 0 amide bonds. The first kappa shape index (κ1) is 14.4. The van der Waals surface area contributed by atoms with Crippen LogP contribution in [0.1, 0.15) is 50.7 Å². The molecule has 0 spiro atoms. The van der Waals surface area contributed by atoms with E-state index in [4.69, 9.17) is 16.9 Å². The van der Waals surface area contributed by atoms with E-state index in [2.05, 4.69) is 25.2 Å². The van der Waals surface area contributed by atoms with Crippen LogP contribution in [0.2, 0.25) is 5.02 Å². The van der Waals surface area contributed by atoms with E-state index in [1.807, 2.05) is 12.1 Å². The minimum Gasteiger partial charge on any atom is -0.310 e. The monoisotopic (exact) mass is 276 g/mol. The second-order valence-corrected chi connectivity index (χ2v) is 6.64. The summed E-state index contributed by atoms with van der Waals surface area (Å²) in [5.74, 6) is 0. The normalized spacial score (nSPS) is 19.1. The van der Waals surface area contributed by atoms with Crippen LogP contribution in [0.5, 0.6) is 0 Å². The fourth-order valence-corrected chi connectivity index (χ4v) is 2.87. The molecule has 0 atom stereocenters. The fraction of sp³-hybridized carbons (Fsp3) is 0.562. The third-order valence-corrected chi connectivity index (χ3v) is 4.45. The first-order valence-corrected chi connectivity index (χ1v) is 7.30. The Kier molecular flexibility index (Phi) is 4.50. The fourth-order valence-electron chi connectivity index (χ4n) is 2.62. The van der Waals surface area contributed by atoms with Gasteiger partial charge < -0.3 is 5.32 Å². The third kappa shape index (κ3) is 3.96. The molecule has 1 fully saturated rings. The second kappa shape index (κ2) is 5.94. The third-order valence-electron chi connectivity index (χ3n) is 4.10. The Balaban J connectivity index is 1.88. The topological polar surface area (TPSA) is 35.8 Å². The number of hydrogen-bond acceptors (Lipinski definition) is 2. The van der Waals surface area contributed by atoms with E-state index >= 15 is 0 Å². The lowest BCUT2D eigenvalue weighted by molar-refractivity contribution is 0.206. The number of halogens is 1. The van der Waals surface area contributed by atoms with Crippen LogP contribution >= 0.6 is 11.6 Å². The summed E-state index contributed by atoms with van der Waals surface area (Å²) in [6.45, 7) is 5.48. The maximum atomic E-state index is 8.81. The van der Waals surface area contributed by atoms with E-state index in [0.29, 0.717) is 22.0 Å². The van der Waals surface area contributed by atoms with Crippen molar-refractivity contribution in [2.75, 3.05) is 0 Å². The molecule has 0 unspecified atom stereocenters.